The topological polar surface area (TPSA) is 116 Å². The molecule has 2 aliphatic rings. The third-order valence-corrected chi connectivity index (χ3v) is 6.54. The van der Waals surface area contributed by atoms with Crippen molar-refractivity contribution >= 4 is 6.29 Å². The zero-order chi connectivity index (χ0) is 28.4. The molecule has 5 rings (SSSR count). The van der Waals surface area contributed by atoms with E-state index < -0.39 is 0 Å². The summed E-state index contributed by atoms with van der Waals surface area (Å²) in [6, 6.07) is 26.9. The van der Waals surface area contributed by atoms with Crippen LogP contribution in [0.5, 0.6) is 0 Å². The Balaban J connectivity index is 0.000000169. The second-order valence-corrected chi connectivity index (χ2v) is 9.46. The fourth-order valence-electron chi connectivity index (χ4n) is 4.14. The molecule has 0 aromatic heterocycles. The highest BCUT2D eigenvalue weighted by Crippen LogP contribution is 2.10. The Morgan fingerprint density at radius 1 is 0.650 bits per heavy atom. The van der Waals surface area contributed by atoms with E-state index in [-0.39, 0.29) is 0 Å². The SMILES string of the molecule is N#Cc1ccc(C=O)cc1.N#Cc1ccc(CN2CCOCC2)cc1.NCc1ccc(CN2CCOCC2)cc1. The number of morpholine rings is 2. The molecule has 8 heteroatoms. The van der Waals surface area contributed by atoms with E-state index in [2.05, 4.69) is 40.1 Å². The van der Waals surface area contributed by atoms with Crippen LogP contribution in [0.3, 0.4) is 0 Å². The van der Waals surface area contributed by atoms with Crippen LogP contribution in [-0.2, 0) is 29.1 Å². The van der Waals surface area contributed by atoms with Crippen LogP contribution in [0.25, 0.3) is 0 Å². The molecule has 2 N–H and O–H groups in total. The maximum absolute atomic E-state index is 10.1. The summed E-state index contributed by atoms with van der Waals surface area (Å²) in [4.78, 5) is 14.9. The van der Waals surface area contributed by atoms with Crippen LogP contribution in [0.4, 0.5) is 0 Å². The zero-order valence-corrected chi connectivity index (χ0v) is 22.9. The first kappa shape index (κ1) is 30.6. The Kier molecular flexibility index (Phi) is 13.5. The van der Waals surface area contributed by atoms with Gasteiger partial charge in [-0.3, -0.25) is 14.6 Å². The van der Waals surface area contributed by atoms with E-state index in [4.69, 9.17) is 25.7 Å². The molecule has 0 spiro atoms. The highest BCUT2D eigenvalue weighted by molar-refractivity contribution is 5.74. The first-order valence-corrected chi connectivity index (χ1v) is 13.5. The van der Waals surface area contributed by atoms with E-state index in [0.717, 1.165) is 77.5 Å². The van der Waals surface area contributed by atoms with E-state index in [1.807, 2.05) is 30.3 Å². The third kappa shape index (κ3) is 11.1. The molecule has 3 aromatic rings. The normalized spacial score (nSPS) is 15.3. The number of carbonyl (C=O) groups is 1. The molecule has 2 heterocycles. The van der Waals surface area contributed by atoms with Gasteiger partial charge in [-0.2, -0.15) is 10.5 Å². The highest BCUT2D eigenvalue weighted by Gasteiger charge is 2.11. The number of rotatable bonds is 6. The minimum atomic E-state index is 0.575. The molecule has 40 heavy (non-hydrogen) atoms. The second-order valence-electron chi connectivity index (χ2n) is 9.46. The van der Waals surface area contributed by atoms with Crippen LogP contribution >= 0.6 is 0 Å². The minimum absolute atomic E-state index is 0.575. The molecule has 3 aromatic carbocycles. The summed E-state index contributed by atoms with van der Waals surface area (Å²) in [7, 11) is 0. The Morgan fingerprint density at radius 2 is 1.02 bits per heavy atom. The molecule has 2 fully saturated rings. The molecular formula is C32H37N5O3. The maximum atomic E-state index is 10.1. The van der Waals surface area contributed by atoms with E-state index in [9.17, 15) is 4.79 Å². The van der Waals surface area contributed by atoms with Gasteiger partial charge in [0.2, 0.25) is 0 Å². The van der Waals surface area contributed by atoms with Crippen molar-refractivity contribution in [1.29, 1.82) is 10.5 Å². The summed E-state index contributed by atoms with van der Waals surface area (Å²) >= 11 is 0. The zero-order valence-electron chi connectivity index (χ0n) is 22.9. The standard InChI is InChI=1S/C12H18N2O.C12H14N2O.C8H5NO/c2*13-9-11-1-3-12(4-2-11)10-14-5-7-15-8-6-14;9-5-7-1-3-8(6-10)4-2-7/h1-4H,5-10,13H2;1-4H,5-8,10H2;1-4,6H. The van der Waals surface area contributed by atoms with Crippen molar-refractivity contribution in [2.75, 3.05) is 52.6 Å². The van der Waals surface area contributed by atoms with Crippen LogP contribution in [0.2, 0.25) is 0 Å². The van der Waals surface area contributed by atoms with Gasteiger partial charge >= 0.3 is 0 Å². The van der Waals surface area contributed by atoms with E-state index in [0.29, 0.717) is 17.7 Å². The predicted octanol–water partition coefficient (Wildman–Crippen LogP) is 3.74. The van der Waals surface area contributed by atoms with Crippen LogP contribution in [0.1, 0.15) is 38.2 Å². The van der Waals surface area contributed by atoms with Crippen LogP contribution in [0, 0.1) is 22.7 Å². The van der Waals surface area contributed by atoms with Crippen molar-refractivity contribution in [3.63, 3.8) is 0 Å². The first-order chi connectivity index (χ1) is 19.6. The fourth-order valence-corrected chi connectivity index (χ4v) is 4.14. The number of nitriles is 2. The Bertz CT molecular complexity index is 1220. The summed E-state index contributed by atoms with van der Waals surface area (Å²) in [6.45, 7) is 10.1. The molecule has 0 atom stereocenters. The van der Waals surface area contributed by atoms with Crippen molar-refractivity contribution in [3.05, 3.63) is 106 Å². The summed E-state index contributed by atoms with van der Waals surface area (Å²) in [5.41, 5.74) is 11.3. The van der Waals surface area contributed by atoms with Crippen LogP contribution in [0.15, 0.2) is 72.8 Å². The van der Waals surface area contributed by atoms with E-state index in [1.54, 1.807) is 24.3 Å². The van der Waals surface area contributed by atoms with Crippen molar-refractivity contribution in [3.8, 4) is 12.1 Å². The van der Waals surface area contributed by atoms with Gasteiger partial charge in [0, 0.05) is 51.4 Å². The van der Waals surface area contributed by atoms with Gasteiger partial charge in [0.05, 0.1) is 49.7 Å². The molecule has 0 unspecified atom stereocenters. The molecule has 0 bridgehead atoms. The molecule has 8 nitrogen and oxygen atoms in total. The van der Waals surface area contributed by atoms with Gasteiger partial charge in [-0.25, -0.2) is 0 Å². The predicted molar refractivity (Wildman–Crippen MR) is 154 cm³/mol. The van der Waals surface area contributed by atoms with E-state index >= 15 is 0 Å². The monoisotopic (exact) mass is 539 g/mol. The molecular weight excluding hydrogens is 502 g/mol. The second kappa shape index (κ2) is 17.6. The first-order valence-electron chi connectivity index (χ1n) is 13.5. The van der Waals surface area contributed by atoms with Gasteiger partial charge < -0.3 is 15.2 Å². The molecule has 208 valence electrons. The number of ether oxygens (including phenoxy) is 2. The number of hydrogen-bond donors (Lipinski definition) is 1. The highest BCUT2D eigenvalue weighted by atomic mass is 16.5. The summed E-state index contributed by atoms with van der Waals surface area (Å²) < 4.78 is 10.6. The third-order valence-electron chi connectivity index (χ3n) is 6.54. The Hall–Kier alpha value is -3.89. The van der Waals surface area contributed by atoms with Gasteiger partial charge in [-0.1, -0.05) is 48.5 Å². The Labute approximate surface area is 237 Å². The van der Waals surface area contributed by atoms with Gasteiger partial charge in [0.15, 0.2) is 0 Å². The molecule has 2 aliphatic heterocycles. The van der Waals surface area contributed by atoms with Gasteiger partial charge in [-0.05, 0) is 41.0 Å². The number of benzene rings is 3. The molecule has 0 radical (unpaired) electrons. The van der Waals surface area contributed by atoms with E-state index in [1.165, 1.54) is 16.7 Å². The lowest BCUT2D eigenvalue weighted by Gasteiger charge is -2.26. The minimum Gasteiger partial charge on any atom is -0.379 e. The van der Waals surface area contributed by atoms with Crippen molar-refractivity contribution in [2.24, 2.45) is 5.73 Å². The Morgan fingerprint density at radius 3 is 1.40 bits per heavy atom. The smallest absolute Gasteiger partial charge is 0.150 e. The number of nitrogens with zero attached hydrogens (tertiary/aromatic N) is 4. The summed E-state index contributed by atoms with van der Waals surface area (Å²) in [5, 5.41) is 17.0. The molecule has 0 amide bonds. The van der Waals surface area contributed by atoms with Crippen LogP contribution < -0.4 is 5.73 Å². The number of nitrogens with two attached hydrogens (primary N) is 1. The van der Waals surface area contributed by atoms with Gasteiger partial charge in [0.1, 0.15) is 6.29 Å². The quantitative estimate of drug-likeness (QED) is 0.471. The number of hydrogen-bond acceptors (Lipinski definition) is 8. The summed E-state index contributed by atoms with van der Waals surface area (Å²) in [6.07, 6.45) is 0.751. The maximum Gasteiger partial charge on any atom is 0.150 e. The lowest BCUT2D eigenvalue weighted by atomic mass is 10.1. The average molecular weight is 540 g/mol. The fraction of sp³-hybridized carbons (Fsp3) is 0.344. The lowest BCUT2D eigenvalue weighted by molar-refractivity contribution is 0.0341. The number of aldehydes is 1. The summed E-state index contributed by atoms with van der Waals surface area (Å²) in [5.74, 6) is 0. The van der Waals surface area contributed by atoms with Crippen molar-refractivity contribution in [1.82, 2.24) is 9.80 Å². The average Bonchev–Trinajstić information content (AvgIpc) is 3.03. The van der Waals surface area contributed by atoms with Crippen LogP contribution in [-0.4, -0.2) is 68.7 Å². The lowest BCUT2D eigenvalue weighted by Crippen LogP contribution is -2.35. The van der Waals surface area contributed by atoms with Gasteiger partial charge in [-0.15, -0.1) is 0 Å². The largest absolute Gasteiger partial charge is 0.379 e. The molecule has 0 saturated carbocycles. The van der Waals surface area contributed by atoms with Gasteiger partial charge in [0.25, 0.3) is 0 Å². The number of carbonyl (C=O) groups excluding carboxylic acids is 1. The van der Waals surface area contributed by atoms with Crippen molar-refractivity contribution < 1.29 is 14.3 Å². The van der Waals surface area contributed by atoms with Crippen molar-refractivity contribution in [2.45, 2.75) is 19.6 Å². The molecule has 0 aliphatic carbocycles. The molecule has 2 saturated heterocycles.